The van der Waals surface area contributed by atoms with Gasteiger partial charge in [0.15, 0.2) is 0 Å². The van der Waals surface area contributed by atoms with Crippen LogP contribution in [0.5, 0.6) is 0 Å². The Morgan fingerprint density at radius 1 is 1.33 bits per heavy atom. The maximum Gasteiger partial charge on any atom is 0.270 e. The van der Waals surface area contributed by atoms with Crippen LogP contribution >= 0.6 is 0 Å². The number of hydrogen-bond acceptors (Lipinski definition) is 5. The molecule has 0 amide bonds. The van der Waals surface area contributed by atoms with Gasteiger partial charge in [-0.15, -0.1) is 10.2 Å². The van der Waals surface area contributed by atoms with Crippen molar-refractivity contribution in [3.05, 3.63) is 46.9 Å². The maximum atomic E-state index is 10.5. The third-order valence-corrected chi connectivity index (χ3v) is 1.83. The van der Waals surface area contributed by atoms with E-state index in [9.17, 15) is 10.1 Å². The molecule has 0 aliphatic carbocycles. The Bertz CT molecular complexity index is 486. The number of nitrogens with zero attached hydrogens (tertiary/aromatic N) is 4. The maximum absolute atomic E-state index is 10.5. The van der Waals surface area contributed by atoms with Crippen LogP contribution in [-0.2, 0) is 0 Å². The number of benzene rings is 1. The Morgan fingerprint density at radius 2 is 2.20 bits per heavy atom. The fourth-order valence-corrected chi connectivity index (χ4v) is 1.16. The zero-order valence-corrected chi connectivity index (χ0v) is 7.57. The zero-order valence-electron chi connectivity index (χ0n) is 7.57. The van der Waals surface area contributed by atoms with Crippen molar-refractivity contribution in [2.45, 2.75) is 0 Å². The number of non-ortho nitro benzene ring substituents is 1. The highest BCUT2D eigenvalue weighted by Gasteiger charge is 2.07. The Labute approximate surface area is 84.8 Å². The van der Waals surface area contributed by atoms with Gasteiger partial charge in [-0.1, -0.05) is 12.1 Å². The molecule has 0 atom stereocenters. The molecule has 0 aliphatic rings. The Balaban J connectivity index is 2.46. The average Bonchev–Trinajstić information content (AvgIpc) is 2.30. The largest absolute Gasteiger partial charge is 0.270 e. The molecule has 74 valence electrons. The fourth-order valence-electron chi connectivity index (χ4n) is 1.16. The first-order valence-electron chi connectivity index (χ1n) is 4.15. The van der Waals surface area contributed by atoms with Crippen molar-refractivity contribution < 1.29 is 4.92 Å². The lowest BCUT2D eigenvalue weighted by molar-refractivity contribution is -0.384. The number of nitro benzene ring substituents is 1. The molecule has 6 heteroatoms. The van der Waals surface area contributed by atoms with E-state index in [0.717, 1.165) is 0 Å². The summed E-state index contributed by atoms with van der Waals surface area (Å²) in [6, 6.07) is 6.18. The Hall–Kier alpha value is -2.37. The van der Waals surface area contributed by atoms with E-state index in [0.29, 0.717) is 11.3 Å². The third-order valence-electron chi connectivity index (χ3n) is 1.83. The van der Waals surface area contributed by atoms with Crippen LogP contribution in [0.15, 0.2) is 36.8 Å². The molecule has 0 aliphatic heterocycles. The average molecular weight is 202 g/mol. The molecular weight excluding hydrogens is 196 g/mol. The van der Waals surface area contributed by atoms with Crippen LogP contribution < -0.4 is 0 Å². The number of rotatable bonds is 2. The van der Waals surface area contributed by atoms with Crippen LogP contribution in [0.25, 0.3) is 11.3 Å². The lowest BCUT2D eigenvalue weighted by atomic mass is 10.1. The quantitative estimate of drug-likeness (QED) is 0.543. The minimum Gasteiger partial charge on any atom is -0.258 e. The van der Waals surface area contributed by atoms with Crippen molar-refractivity contribution in [2.24, 2.45) is 0 Å². The molecule has 1 aromatic carbocycles. The van der Waals surface area contributed by atoms with Crippen LogP contribution in [0, 0.1) is 10.1 Å². The van der Waals surface area contributed by atoms with Gasteiger partial charge in [0.25, 0.3) is 5.69 Å². The normalized spacial score (nSPS) is 9.87. The summed E-state index contributed by atoms with van der Waals surface area (Å²) in [4.78, 5) is 13.9. The van der Waals surface area contributed by atoms with E-state index in [-0.39, 0.29) is 5.69 Å². The topological polar surface area (TPSA) is 81.8 Å². The first kappa shape index (κ1) is 9.20. The van der Waals surface area contributed by atoms with Crippen molar-refractivity contribution in [3.8, 4) is 11.3 Å². The summed E-state index contributed by atoms with van der Waals surface area (Å²) in [6.07, 6.45) is 2.81. The third kappa shape index (κ3) is 1.93. The minimum atomic E-state index is -0.451. The van der Waals surface area contributed by atoms with E-state index in [4.69, 9.17) is 0 Å². The van der Waals surface area contributed by atoms with Crippen molar-refractivity contribution in [2.75, 3.05) is 0 Å². The van der Waals surface area contributed by atoms with E-state index in [1.807, 2.05) is 0 Å². The summed E-state index contributed by atoms with van der Waals surface area (Å²) >= 11 is 0. The van der Waals surface area contributed by atoms with Gasteiger partial charge in [0, 0.05) is 17.7 Å². The summed E-state index contributed by atoms with van der Waals surface area (Å²) in [5.74, 6) is 0. The first-order chi connectivity index (χ1) is 7.27. The van der Waals surface area contributed by atoms with Gasteiger partial charge in [0.05, 0.1) is 11.1 Å². The van der Waals surface area contributed by atoms with Crippen LogP contribution in [0.2, 0.25) is 0 Å². The van der Waals surface area contributed by atoms with E-state index in [1.165, 1.54) is 24.7 Å². The molecule has 0 unspecified atom stereocenters. The molecular formula is C9H6N4O2. The molecule has 0 fully saturated rings. The predicted molar refractivity (Wildman–Crippen MR) is 51.9 cm³/mol. The molecule has 2 rings (SSSR count). The Kier molecular flexibility index (Phi) is 2.32. The van der Waals surface area contributed by atoms with Crippen LogP contribution in [-0.4, -0.2) is 20.1 Å². The molecule has 1 heterocycles. The van der Waals surface area contributed by atoms with Crippen LogP contribution in [0.4, 0.5) is 5.69 Å². The van der Waals surface area contributed by atoms with Crippen molar-refractivity contribution in [3.63, 3.8) is 0 Å². The predicted octanol–water partition coefficient (Wildman–Crippen LogP) is 1.45. The molecule has 0 saturated heterocycles. The zero-order chi connectivity index (χ0) is 10.7. The number of nitro groups is 1. The van der Waals surface area contributed by atoms with Gasteiger partial charge < -0.3 is 0 Å². The molecule has 1 aromatic heterocycles. The van der Waals surface area contributed by atoms with Crippen molar-refractivity contribution >= 4 is 5.69 Å². The first-order valence-corrected chi connectivity index (χ1v) is 4.15. The van der Waals surface area contributed by atoms with Crippen molar-refractivity contribution in [1.82, 2.24) is 15.2 Å². The second-order valence-electron chi connectivity index (χ2n) is 2.80. The highest BCUT2D eigenvalue weighted by molar-refractivity contribution is 5.60. The lowest BCUT2D eigenvalue weighted by Gasteiger charge is -1.97. The summed E-state index contributed by atoms with van der Waals surface area (Å²) in [5.41, 5.74) is 1.17. The minimum absolute atomic E-state index is 0.0261. The van der Waals surface area contributed by atoms with Gasteiger partial charge in [-0.05, 0) is 0 Å². The molecule has 0 bridgehead atoms. The molecule has 0 saturated carbocycles. The monoisotopic (exact) mass is 202 g/mol. The Morgan fingerprint density at radius 3 is 2.87 bits per heavy atom. The summed E-state index contributed by atoms with van der Waals surface area (Å²) in [5, 5.41) is 18.0. The molecule has 0 radical (unpaired) electrons. The van der Waals surface area contributed by atoms with Gasteiger partial charge in [-0.3, -0.25) is 10.1 Å². The molecule has 2 aromatic rings. The number of hydrogen-bond donors (Lipinski definition) is 0. The van der Waals surface area contributed by atoms with Gasteiger partial charge in [-0.25, -0.2) is 4.98 Å². The number of aromatic nitrogens is 3. The van der Waals surface area contributed by atoms with E-state index < -0.39 is 4.92 Å². The molecule has 15 heavy (non-hydrogen) atoms. The van der Waals surface area contributed by atoms with Gasteiger partial charge in [-0.2, -0.15) is 0 Å². The molecule has 6 nitrogen and oxygen atoms in total. The smallest absolute Gasteiger partial charge is 0.258 e. The second kappa shape index (κ2) is 3.79. The lowest BCUT2D eigenvalue weighted by Crippen LogP contribution is -1.91. The standard InChI is InChI=1S/C9H6N4O2/c14-13(15)8-3-1-2-7(4-8)9-5-10-6-11-12-9/h1-6H. The highest BCUT2D eigenvalue weighted by Crippen LogP contribution is 2.20. The van der Waals surface area contributed by atoms with E-state index >= 15 is 0 Å². The van der Waals surface area contributed by atoms with Gasteiger partial charge in [0.1, 0.15) is 12.0 Å². The molecule has 0 N–H and O–H groups in total. The molecule has 0 spiro atoms. The van der Waals surface area contributed by atoms with Crippen molar-refractivity contribution in [1.29, 1.82) is 0 Å². The van der Waals surface area contributed by atoms with Crippen LogP contribution in [0.1, 0.15) is 0 Å². The highest BCUT2D eigenvalue weighted by atomic mass is 16.6. The van der Waals surface area contributed by atoms with Gasteiger partial charge in [0.2, 0.25) is 0 Å². The fraction of sp³-hybridized carbons (Fsp3) is 0. The van der Waals surface area contributed by atoms with E-state index in [1.54, 1.807) is 12.1 Å². The SMILES string of the molecule is O=[N+]([O-])c1cccc(-c2cncnn2)c1. The summed E-state index contributed by atoms with van der Waals surface area (Å²) in [6.45, 7) is 0. The summed E-state index contributed by atoms with van der Waals surface area (Å²) < 4.78 is 0. The van der Waals surface area contributed by atoms with E-state index in [2.05, 4.69) is 15.2 Å². The summed E-state index contributed by atoms with van der Waals surface area (Å²) in [7, 11) is 0. The van der Waals surface area contributed by atoms with Crippen LogP contribution in [0.3, 0.4) is 0 Å². The second-order valence-corrected chi connectivity index (χ2v) is 2.80. The van der Waals surface area contributed by atoms with Gasteiger partial charge >= 0.3 is 0 Å².